The Morgan fingerprint density at radius 3 is 2.33 bits per heavy atom. The van der Waals surface area contributed by atoms with E-state index in [1.807, 2.05) is 44.2 Å². The molecule has 0 bridgehead atoms. The maximum absolute atomic E-state index is 13.7. The molecule has 36 heavy (non-hydrogen) atoms. The van der Waals surface area contributed by atoms with Crippen molar-refractivity contribution < 1.29 is 22.7 Å². The lowest BCUT2D eigenvalue weighted by Gasteiger charge is -2.26. The fraction of sp³-hybridized carbons (Fsp3) is 0.519. The number of benzene rings is 2. The van der Waals surface area contributed by atoms with Crippen LogP contribution in [-0.2, 0) is 27.8 Å². The number of aliphatic hydroxyl groups is 1. The Balaban J connectivity index is 2.04. The fourth-order valence-corrected chi connectivity index (χ4v) is 5.62. The Labute approximate surface area is 215 Å². The van der Waals surface area contributed by atoms with Crippen LogP contribution >= 0.6 is 0 Å². The van der Waals surface area contributed by atoms with Gasteiger partial charge in [-0.3, -0.25) is 4.79 Å². The summed E-state index contributed by atoms with van der Waals surface area (Å²) in [6, 6.07) is 13.8. The zero-order chi connectivity index (χ0) is 26.6. The summed E-state index contributed by atoms with van der Waals surface area (Å²) >= 11 is 0. The Bertz CT molecular complexity index is 1040. The van der Waals surface area contributed by atoms with Gasteiger partial charge in [-0.1, -0.05) is 56.3 Å². The van der Waals surface area contributed by atoms with Gasteiger partial charge in [-0.2, -0.15) is 0 Å². The summed E-state index contributed by atoms with van der Waals surface area (Å²) < 4.78 is 40.6. The standard InChI is InChI=1S/C27H40FN3O4S/c1-4-14-31(15-5-2)36(34,35)16-13-27(33)30-25(18-23-11-12-24(28)21(3)17-23)26(32)20-29-19-22-9-7-6-8-10-22/h6-12,17,25-26,29,32H,4-5,13-16,18-20H2,1-3H3,(H,30,33)/t25-,26-/m0/s1. The Morgan fingerprint density at radius 1 is 1.06 bits per heavy atom. The second-order valence-electron chi connectivity index (χ2n) is 9.11. The summed E-state index contributed by atoms with van der Waals surface area (Å²) in [5.74, 6) is -1.06. The molecule has 0 spiro atoms. The first-order chi connectivity index (χ1) is 17.2. The van der Waals surface area contributed by atoms with E-state index in [2.05, 4.69) is 10.6 Å². The fourth-order valence-electron chi connectivity index (χ4n) is 3.99. The van der Waals surface area contributed by atoms with Crippen LogP contribution in [0.5, 0.6) is 0 Å². The van der Waals surface area contributed by atoms with Gasteiger partial charge in [-0.15, -0.1) is 0 Å². The number of hydrogen-bond donors (Lipinski definition) is 3. The Kier molecular flexibility index (Phi) is 12.5. The molecule has 9 heteroatoms. The van der Waals surface area contributed by atoms with Gasteiger partial charge in [-0.25, -0.2) is 17.1 Å². The van der Waals surface area contributed by atoms with E-state index in [4.69, 9.17) is 0 Å². The minimum Gasteiger partial charge on any atom is -0.390 e. The molecule has 2 rings (SSSR count). The van der Waals surface area contributed by atoms with Crippen molar-refractivity contribution in [1.82, 2.24) is 14.9 Å². The van der Waals surface area contributed by atoms with E-state index in [9.17, 15) is 22.7 Å². The molecule has 0 aromatic heterocycles. The quantitative estimate of drug-likeness (QED) is 0.315. The first-order valence-corrected chi connectivity index (χ1v) is 14.2. The minimum absolute atomic E-state index is 0.199. The Hall–Kier alpha value is -2.33. The van der Waals surface area contributed by atoms with Crippen molar-refractivity contribution >= 4 is 15.9 Å². The summed E-state index contributed by atoms with van der Waals surface area (Å²) in [5.41, 5.74) is 2.31. The number of amides is 1. The molecule has 0 saturated carbocycles. The second-order valence-corrected chi connectivity index (χ2v) is 11.2. The van der Waals surface area contributed by atoms with Crippen molar-refractivity contribution in [3.05, 3.63) is 71.0 Å². The predicted molar refractivity (Wildman–Crippen MR) is 141 cm³/mol. The average molecular weight is 522 g/mol. The highest BCUT2D eigenvalue weighted by Gasteiger charge is 2.25. The molecule has 0 radical (unpaired) electrons. The number of sulfonamides is 1. The van der Waals surface area contributed by atoms with Crippen molar-refractivity contribution in [2.75, 3.05) is 25.4 Å². The highest BCUT2D eigenvalue weighted by molar-refractivity contribution is 7.89. The van der Waals surface area contributed by atoms with Crippen LogP contribution in [0.25, 0.3) is 0 Å². The number of nitrogens with zero attached hydrogens (tertiary/aromatic N) is 1. The normalized spacial score (nSPS) is 13.5. The van der Waals surface area contributed by atoms with Gasteiger partial charge >= 0.3 is 0 Å². The predicted octanol–water partition coefficient (Wildman–Crippen LogP) is 3.15. The molecule has 1 amide bonds. The summed E-state index contributed by atoms with van der Waals surface area (Å²) in [4.78, 5) is 12.8. The van der Waals surface area contributed by atoms with Crippen LogP contribution in [0.2, 0.25) is 0 Å². The third-order valence-electron chi connectivity index (χ3n) is 5.94. The van der Waals surface area contributed by atoms with Crippen LogP contribution in [0.3, 0.4) is 0 Å². The number of nitrogens with one attached hydrogen (secondary N) is 2. The largest absolute Gasteiger partial charge is 0.390 e. The molecule has 0 aliphatic rings. The number of halogens is 1. The van der Waals surface area contributed by atoms with Gasteiger partial charge in [0.05, 0.1) is 17.9 Å². The third-order valence-corrected chi connectivity index (χ3v) is 7.81. The molecule has 0 unspecified atom stereocenters. The summed E-state index contributed by atoms with van der Waals surface area (Å²) in [5, 5.41) is 16.9. The van der Waals surface area contributed by atoms with Crippen molar-refractivity contribution in [2.45, 2.75) is 65.1 Å². The monoisotopic (exact) mass is 521 g/mol. The zero-order valence-electron chi connectivity index (χ0n) is 21.5. The first-order valence-electron chi connectivity index (χ1n) is 12.6. The summed E-state index contributed by atoms with van der Waals surface area (Å²) in [7, 11) is -3.56. The molecule has 7 nitrogen and oxygen atoms in total. The molecule has 2 aromatic carbocycles. The van der Waals surface area contributed by atoms with Crippen LogP contribution in [0, 0.1) is 12.7 Å². The highest BCUT2D eigenvalue weighted by atomic mass is 32.2. The molecule has 2 aromatic rings. The minimum atomic E-state index is -3.56. The molecule has 0 aliphatic carbocycles. The molecule has 2 atom stereocenters. The van der Waals surface area contributed by atoms with E-state index in [0.717, 1.165) is 11.1 Å². The number of hydrogen-bond acceptors (Lipinski definition) is 5. The lowest BCUT2D eigenvalue weighted by Crippen LogP contribution is -2.49. The van der Waals surface area contributed by atoms with Gasteiger partial charge in [0.15, 0.2) is 0 Å². The second kappa shape index (κ2) is 15.0. The molecule has 0 aliphatic heterocycles. The number of aryl methyl sites for hydroxylation is 1. The molecule has 3 N–H and O–H groups in total. The maximum Gasteiger partial charge on any atom is 0.221 e. The molecule has 0 fully saturated rings. The molecule has 0 saturated heterocycles. The van der Waals surface area contributed by atoms with Gasteiger partial charge in [0, 0.05) is 32.6 Å². The molecule has 200 valence electrons. The molecular weight excluding hydrogens is 481 g/mol. The smallest absolute Gasteiger partial charge is 0.221 e. The lowest BCUT2D eigenvalue weighted by molar-refractivity contribution is -0.122. The van der Waals surface area contributed by atoms with Gasteiger partial charge in [0.2, 0.25) is 15.9 Å². The van der Waals surface area contributed by atoms with Crippen LogP contribution < -0.4 is 10.6 Å². The van der Waals surface area contributed by atoms with Gasteiger partial charge < -0.3 is 15.7 Å². The molecular formula is C27H40FN3O4S. The molecule has 0 heterocycles. The zero-order valence-corrected chi connectivity index (χ0v) is 22.4. The van der Waals surface area contributed by atoms with Gasteiger partial charge in [-0.05, 0) is 48.9 Å². The van der Waals surface area contributed by atoms with Crippen LogP contribution in [0.15, 0.2) is 48.5 Å². The third kappa shape index (κ3) is 9.97. The van der Waals surface area contributed by atoms with E-state index in [1.165, 1.54) is 10.4 Å². The van der Waals surface area contributed by atoms with E-state index >= 15 is 0 Å². The van der Waals surface area contributed by atoms with E-state index in [1.54, 1.807) is 19.1 Å². The lowest BCUT2D eigenvalue weighted by atomic mass is 9.99. The number of carbonyl (C=O) groups excluding carboxylic acids is 1. The summed E-state index contributed by atoms with van der Waals surface area (Å²) in [6.07, 6.45) is 0.553. The number of rotatable bonds is 16. The van der Waals surface area contributed by atoms with Crippen molar-refractivity contribution in [3.63, 3.8) is 0 Å². The number of carbonyl (C=O) groups is 1. The van der Waals surface area contributed by atoms with Crippen molar-refractivity contribution in [2.24, 2.45) is 0 Å². The summed E-state index contributed by atoms with van der Waals surface area (Å²) in [6.45, 7) is 7.12. The maximum atomic E-state index is 13.7. The van der Waals surface area contributed by atoms with Crippen molar-refractivity contribution in [3.8, 4) is 0 Å². The topological polar surface area (TPSA) is 98.7 Å². The van der Waals surface area contributed by atoms with Gasteiger partial charge in [0.1, 0.15) is 5.82 Å². The van der Waals surface area contributed by atoms with Crippen molar-refractivity contribution in [1.29, 1.82) is 0 Å². The van der Waals surface area contributed by atoms with Gasteiger partial charge in [0.25, 0.3) is 0 Å². The first kappa shape index (κ1) is 29.9. The average Bonchev–Trinajstić information content (AvgIpc) is 2.85. The van der Waals surface area contributed by atoms with E-state index in [0.29, 0.717) is 38.0 Å². The highest BCUT2D eigenvalue weighted by Crippen LogP contribution is 2.13. The van der Waals surface area contributed by atoms with Crippen LogP contribution in [0.4, 0.5) is 4.39 Å². The van der Waals surface area contributed by atoms with E-state index in [-0.39, 0.29) is 31.0 Å². The van der Waals surface area contributed by atoms with Crippen LogP contribution in [0.1, 0.15) is 49.8 Å². The SMILES string of the molecule is CCCN(CCC)S(=O)(=O)CCC(=O)N[C@@H](Cc1ccc(F)c(C)c1)[C@@H](O)CNCc1ccccc1. The van der Waals surface area contributed by atoms with E-state index < -0.39 is 28.1 Å². The number of aliphatic hydroxyl groups excluding tert-OH is 1. The Morgan fingerprint density at radius 2 is 1.72 bits per heavy atom. The van der Waals surface area contributed by atoms with Crippen LogP contribution in [-0.4, -0.2) is 61.3 Å².